The van der Waals surface area contributed by atoms with Gasteiger partial charge < -0.3 is 9.84 Å². The lowest BCUT2D eigenvalue weighted by Gasteiger charge is -2.06. The molecule has 1 aromatic carbocycles. The minimum Gasteiger partial charge on any atom is -0.487 e. The van der Waals surface area contributed by atoms with Crippen LogP contribution in [-0.4, -0.2) is 16.1 Å². The standard InChI is InChI=1S/C13H10INO3/c14-11-3-1-9(2-4-11)8-18-12-5-10(13(16)17)6-15-7-12/h1-7H,8H2,(H,16,17). The molecule has 1 aromatic heterocycles. The number of hydrogen-bond acceptors (Lipinski definition) is 3. The zero-order valence-electron chi connectivity index (χ0n) is 9.34. The summed E-state index contributed by atoms with van der Waals surface area (Å²) in [6.45, 7) is 0.391. The van der Waals surface area contributed by atoms with Gasteiger partial charge in [-0.3, -0.25) is 4.98 Å². The van der Waals surface area contributed by atoms with Crippen molar-refractivity contribution in [1.82, 2.24) is 4.98 Å². The highest BCUT2D eigenvalue weighted by Crippen LogP contribution is 2.14. The maximum Gasteiger partial charge on any atom is 0.337 e. The van der Waals surface area contributed by atoms with Gasteiger partial charge in [-0.2, -0.15) is 0 Å². The van der Waals surface area contributed by atoms with Crippen molar-refractivity contribution in [1.29, 1.82) is 0 Å². The molecule has 0 saturated heterocycles. The summed E-state index contributed by atoms with van der Waals surface area (Å²) in [6.07, 6.45) is 2.79. The quantitative estimate of drug-likeness (QED) is 0.857. The number of aromatic nitrogens is 1. The Morgan fingerprint density at radius 2 is 2.00 bits per heavy atom. The monoisotopic (exact) mass is 355 g/mol. The molecule has 0 bridgehead atoms. The largest absolute Gasteiger partial charge is 0.487 e. The molecule has 1 heterocycles. The van der Waals surface area contributed by atoms with E-state index >= 15 is 0 Å². The topological polar surface area (TPSA) is 59.4 Å². The lowest BCUT2D eigenvalue weighted by atomic mass is 10.2. The molecule has 0 aliphatic heterocycles. The molecule has 5 heteroatoms. The third-order valence-corrected chi connectivity index (χ3v) is 3.00. The Labute approximate surface area is 118 Å². The Hall–Kier alpha value is -1.63. The first kappa shape index (κ1) is 12.8. The molecule has 0 fully saturated rings. The fraction of sp³-hybridized carbons (Fsp3) is 0.0769. The van der Waals surface area contributed by atoms with Crippen molar-refractivity contribution < 1.29 is 14.6 Å². The molecular formula is C13H10INO3. The summed E-state index contributed by atoms with van der Waals surface area (Å²) in [5, 5.41) is 8.83. The van der Waals surface area contributed by atoms with Crippen molar-refractivity contribution >= 4 is 28.6 Å². The summed E-state index contributed by atoms with van der Waals surface area (Å²) in [5.74, 6) is -0.560. The van der Waals surface area contributed by atoms with E-state index in [1.54, 1.807) is 0 Å². The van der Waals surface area contributed by atoms with Crippen LogP contribution in [0.2, 0.25) is 0 Å². The Bertz CT molecular complexity index is 554. The van der Waals surface area contributed by atoms with Crippen molar-refractivity contribution in [2.24, 2.45) is 0 Å². The van der Waals surface area contributed by atoms with Gasteiger partial charge in [0.2, 0.25) is 0 Å². The van der Waals surface area contributed by atoms with Crippen LogP contribution in [0, 0.1) is 3.57 Å². The van der Waals surface area contributed by atoms with Gasteiger partial charge in [0, 0.05) is 9.77 Å². The van der Waals surface area contributed by atoms with Crippen LogP contribution < -0.4 is 4.74 Å². The number of pyridine rings is 1. The third kappa shape index (κ3) is 3.43. The second-order valence-electron chi connectivity index (χ2n) is 3.63. The number of carboxylic acid groups (broad SMARTS) is 1. The van der Waals surface area contributed by atoms with E-state index in [-0.39, 0.29) is 5.56 Å². The smallest absolute Gasteiger partial charge is 0.337 e. The van der Waals surface area contributed by atoms with E-state index < -0.39 is 5.97 Å². The molecule has 0 atom stereocenters. The normalized spacial score (nSPS) is 10.1. The first-order valence-corrected chi connectivity index (χ1v) is 6.28. The summed E-state index contributed by atoms with van der Waals surface area (Å²) in [6, 6.07) is 9.38. The van der Waals surface area contributed by atoms with Gasteiger partial charge in [0.25, 0.3) is 0 Å². The minimum atomic E-state index is -1.01. The number of nitrogens with zero attached hydrogens (tertiary/aromatic N) is 1. The number of carboxylic acids is 1. The molecule has 1 N–H and O–H groups in total. The zero-order chi connectivity index (χ0) is 13.0. The summed E-state index contributed by atoms with van der Waals surface area (Å²) < 4.78 is 6.65. The van der Waals surface area contributed by atoms with Crippen LogP contribution in [0.1, 0.15) is 15.9 Å². The molecule has 0 saturated carbocycles. The lowest BCUT2D eigenvalue weighted by Crippen LogP contribution is -2.00. The lowest BCUT2D eigenvalue weighted by molar-refractivity contribution is 0.0696. The van der Waals surface area contributed by atoms with Gasteiger partial charge in [-0.1, -0.05) is 12.1 Å². The maximum atomic E-state index is 10.8. The average Bonchev–Trinajstić information content (AvgIpc) is 2.38. The highest BCUT2D eigenvalue weighted by atomic mass is 127. The van der Waals surface area contributed by atoms with Crippen molar-refractivity contribution in [3.63, 3.8) is 0 Å². The second kappa shape index (κ2) is 5.81. The number of carbonyl (C=O) groups is 1. The molecule has 0 aliphatic rings. The fourth-order valence-corrected chi connectivity index (χ4v) is 1.72. The van der Waals surface area contributed by atoms with Crippen LogP contribution in [0.15, 0.2) is 42.7 Å². The van der Waals surface area contributed by atoms with Crippen LogP contribution in [0.5, 0.6) is 5.75 Å². The van der Waals surface area contributed by atoms with Crippen LogP contribution in [0.3, 0.4) is 0 Å². The zero-order valence-corrected chi connectivity index (χ0v) is 11.5. The molecule has 0 amide bonds. The van der Waals surface area contributed by atoms with Gasteiger partial charge in [-0.25, -0.2) is 4.79 Å². The van der Waals surface area contributed by atoms with Gasteiger partial charge >= 0.3 is 5.97 Å². The number of ether oxygens (including phenoxy) is 1. The number of aromatic carboxylic acids is 1. The van der Waals surface area contributed by atoms with Gasteiger partial charge in [-0.05, 0) is 46.4 Å². The Kier molecular flexibility index (Phi) is 4.14. The third-order valence-electron chi connectivity index (χ3n) is 2.28. The number of benzene rings is 1. The number of rotatable bonds is 4. The second-order valence-corrected chi connectivity index (χ2v) is 4.88. The first-order valence-electron chi connectivity index (χ1n) is 5.21. The highest BCUT2D eigenvalue weighted by molar-refractivity contribution is 14.1. The predicted molar refractivity (Wildman–Crippen MR) is 74.7 cm³/mol. The number of hydrogen-bond donors (Lipinski definition) is 1. The Balaban J connectivity index is 2.04. The molecule has 4 nitrogen and oxygen atoms in total. The van der Waals surface area contributed by atoms with Crippen LogP contribution >= 0.6 is 22.6 Å². The van der Waals surface area contributed by atoms with E-state index in [0.29, 0.717) is 12.4 Å². The Morgan fingerprint density at radius 3 is 2.67 bits per heavy atom. The molecule has 18 heavy (non-hydrogen) atoms. The van der Waals surface area contributed by atoms with Gasteiger partial charge in [0.1, 0.15) is 12.4 Å². The van der Waals surface area contributed by atoms with Crippen molar-refractivity contribution in [3.8, 4) is 5.75 Å². The number of halogens is 1. The van der Waals surface area contributed by atoms with E-state index in [2.05, 4.69) is 27.6 Å². The van der Waals surface area contributed by atoms with E-state index in [0.717, 1.165) is 9.13 Å². The summed E-state index contributed by atoms with van der Waals surface area (Å²) in [5.41, 5.74) is 1.14. The van der Waals surface area contributed by atoms with Crippen molar-refractivity contribution in [3.05, 3.63) is 57.4 Å². The van der Waals surface area contributed by atoms with Gasteiger partial charge in [0.15, 0.2) is 0 Å². The van der Waals surface area contributed by atoms with E-state index in [9.17, 15) is 4.79 Å². The highest BCUT2D eigenvalue weighted by Gasteiger charge is 2.04. The SMILES string of the molecule is O=C(O)c1cncc(OCc2ccc(I)cc2)c1. The molecule has 0 spiro atoms. The molecule has 92 valence electrons. The van der Waals surface area contributed by atoms with E-state index in [4.69, 9.17) is 9.84 Å². The summed E-state index contributed by atoms with van der Waals surface area (Å²) in [7, 11) is 0. The van der Waals surface area contributed by atoms with E-state index in [1.807, 2.05) is 24.3 Å². The van der Waals surface area contributed by atoms with Crippen LogP contribution in [-0.2, 0) is 6.61 Å². The summed E-state index contributed by atoms with van der Waals surface area (Å²) in [4.78, 5) is 14.6. The minimum absolute atomic E-state index is 0.120. The van der Waals surface area contributed by atoms with Crippen molar-refractivity contribution in [2.75, 3.05) is 0 Å². The van der Waals surface area contributed by atoms with Gasteiger partial charge in [0.05, 0.1) is 11.8 Å². The van der Waals surface area contributed by atoms with Gasteiger partial charge in [-0.15, -0.1) is 0 Å². The molecule has 2 rings (SSSR count). The fourth-order valence-electron chi connectivity index (χ4n) is 1.36. The molecule has 2 aromatic rings. The predicted octanol–water partition coefficient (Wildman–Crippen LogP) is 2.96. The first-order chi connectivity index (χ1) is 8.65. The molecular weight excluding hydrogens is 345 g/mol. The average molecular weight is 355 g/mol. The van der Waals surface area contributed by atoms with Crippen LogP contribution in [0.4, 0.5) is 0 Å². The maximum absolute atomic E-state index is 10.8. The van der Waals surface area contributed by atoms with Crippen molar-refractivity contribution in [2.45, 2.75) is 6.61 Å². The molecule has 0 aliphatic carbocycles. The van der Waals surface area contributed by atoms with Crippen LogP contribution in [0.25, 0.3) is 0 Å². The van der Waals surface area contributed by atoms with E-state index in [1.165, 1.54) is 18.5 Å². The molecule has 0 unspecified atom stereocenters. The molecule has 0 radical (unpaired) electrons. The summed E-state index contributed by atoms with van der Waals surface area (Å²) >= 11 is 2.23. The Morgan fingerprint density at radius 1 is 1.28 bits per heavy atom.